The Kier molecular flexibility index (Phi) is 3.45. The van der Waals surface area contributed by atoms with Crippen molar-refractivity contribution in [2.75, 3.05) is 0 Å². The van der Waals surface area contributed by atoms with Crippen molar-refractivity contribution in [3.63, 3.8) is 0 Å². The van der Waals surface area contributed by atoms with Crippen LogP contribution in [0.5, 0.6) is 0 Å². The van der Waals surface area contributed by atoms with E-state index in [4.69, 9.17) is 4.74 Å². The number of esters is 1. The second-order valence-corrected chi connectivity index (χ2v) is 7.85. The zero-order valence-corrected chi connectivity index (χ0v) is 13.0. The Labute approximate surface area is 126 Å². The first kappa shape index (κ1) is 15.0. The first-order valence-electron chi connectivity index (χ1n) is 8.01. The first-order valence-corrected chi connectivity index (χ1v) is 8.01. The van der Waals surface area contributed by atoms with Gasteiger partial charge in [0.2, 0.25) is 0 Å². The van der Waals surface area contributed by atoms with Crippen LogP contribution in [0.25, 0.3) is 0 Å². The molecule has 0 aromatic carbocycles. The molecule has 4 saturated carbocycles. The average molecular weight is 294 g/mol. The van der Waals surface area contributed by atoms with Crippen molar-refractivity contribution in [1.29, 1.82) is 0 Å². The van der Waals surface area contributed by atoms with Gasteiger partial charge in [-0.2, -0.15) is 0 Å². The highest BCUT2D eigenvalue weighted by atomic mass is 16.6. The van der Waals surface area contributed by atoms with Gasteiger partial charge in [-0.3, -0.25) is 0 Å². The van der Waals surface area contributed by atoms with Crippen molar-refractivity contribution in [2.45, 2.75) is 64.3 Å². The fourth-order valence-corrected chi connectivity index (χ4v) is 5.43. The molecule has 0 heterocycles. The minimum Gasteiger partial charge on any atom is -0.450 e. The Bertz CT molecular complexity index is 432. The monoisotopic (exact) mass is 294 g/mol. The van der Waals surface area contributed by atoms with Crippen molar-refractivity contribution < 1.29 is 19.7 Å². The molecule has 4 aliphatic carbocycles. The van der Waals surface area contributed by atoms with Gasteiger partial charge in [0.05, 0.1) is 0 Å². The number of rotatable bonds is 4. The molecule has 0 aromatic heterocycles. The van der Waals surface area contributed by atoms with Gasteiger partial charge in [0, 0.05) is 11.0 Å². The zero-order chi connectivity index (χ0) is 15.4. The number of hydrogen-bond donors (Lipinski definition) is 2. The fourth-order valence-electron chi connectivity index (χ4n) is 5.43. The number of carbonyl (C=O) groups is 1. The predicted octanol–water partition coefficient (Wildman–Crippen LogP) is 2.39. The second kappa shape index (κ2) is 4.82. The van der Waals surface area contributed by atoms with Crippen LogP contribution in [0.4, 0.5) is 0 Å². The maximum atomic E-state index is 12.0. The van der Waals surface area contributed by atoms with E-state index in [1.807, 2.05) is 0 Å². The quantitative estimate of drug-likeness (QED) is 0.474. The molecular weight excluding hydrogens is 268 g/mol. The molecule has 118 valence electrons. The van der Waals surface area contributed by atoms with Gasteiger partial charge in [-0.05, 0) is 70.1 Å². The van der Waals surface area contributed by atoms with Crippen LogP contribution in [-0.4, -0.2) is 28.1 Å². The van der Waals surface area contributed by atoms with Crippen LogP contribution in [0, 0.1) is 23.2 Å². The highest BCUT2D eigenvalue weighted by Crippen LogP contribution is 2.64. The van der Waals surface area contributed by atoms with E-state index in [0.717, 1.165) is 19.3 Å². The molecule has 0 saturated heterocycles. The lowest BCUT2D eigenvalue weighted by Crippen LogP contribution is -2.63. The van der Waals surface area contributed by atoms with Crippen molar-refractivity contribution >= 4 is 5.97 Å². The van der Waals surface area contributed by atoms with Gasteiger partial charge >= 0.3 is 5.97 Å². The summed E-state index contributed by atoms with van der Waals surface area (Å²) in [5.41, 5.74) is -1.23. The molecule has 4 rings (SSSR count). The van der Waals surface area contributed by atoms with Crippen LogP contribution < -0.4 is 0 Å². The van der Waals surface area contributed by atoms with Gasteiger partial charge in [0.25, 0.3) is 0 Å². The molecule has 1 atom stereocenters. The number of carbonyl (C=O) groups excluding carboxylic acids is 1. The summed E-state index contributed by atoms with van der Waals surface area (Å²) in [6, 6.07) is 0. The SMILES string of the molecule is C=C(C)C(=O)OC(C)(C(O)O)C12CC3CC(CC(C3)C1)C2. The zero-order valence-electron chi connectivity index (χ0n) is 13.0. The van der Waals surface area contributed by atoms with Crippen LogP contribution in [0.3, 0.4) is 0 Å². The summed E-state index contributed by atoms with van der Waals surface area (Å²) in [7, 11) is 0. The Hall–Kier alpha value is -0.870. The fraction of sp³-hybridized carbons (Fsp3) is 0.824. The van der Waals surface area contributed by atoms with Crippen LogP contribution >= 0.6 is 0 Å². The molecule has 1 unspecified atom stereocenters. The van der Waals surface area contributed by atoms with Crippen molar-refractivity contribution in [3.05, 3.63) is 12.2 Å². The van der Waals surface area contributed by atoms with Crippen molar-refractivity contribution in [1.82, 2.24) is 0 Å². The van der Waals surface area contributed by atoms with E-state index in [1.165, 1.54) is 19.3 Å². The van der Waals surface area contributed by atoms with E-state index >= 15 is 0 Å². The standard InChI is InChI=1S/C17H26O4/c1-10(2)14(18)21-16(3,15(19)20)17-7-11-4-12(8-17)6-13(5-11)9-17/h11-13,15,19-20H,1,4-9H2,2-3H3. The van der Waals surface area contributed by atoms with Gasteiger partial charge < -0.3 is 14.9 Å². The van der Waals surface area contributed by atoms with E-state index in [0.29, 0.717) is 23.3 Å². The van der Waals surface area contributed by atoms with Crippen molar-refractivity contribution in [2.24, 2.45) is 23.2 Å². The summed E-state index contributed by atoms with van der Waals surface area (Å²) in [6.45, 7) is 6.90. The lowest BCUT2D eigenvalue weighted by Gasteiger charge is -2.62. The van der Waals surface area contributed by atoms with Crippen molar-refractivity contribution in [3.8, 4) is 0 Å². The molecule has 0 spiro atoms. The maximum Gasteiger partial charge on any atom is 0.333 e. The number of ether oxygens (including phenoxy) is 1. The molecule has 0 aromatic rings. The molecule has 0 amide bonds. The Morgan fingerprint density at radius 1 is 1.19 bits per heavy atom. The van der Waals surface area contributed by atoms with Crippen LogP contribution in [0.15, 0.2) is 12.2 Å². The third kappa shape index (κ3) is 2.23. The molecular formula is C17H26O4. The third-order valence-corrected chi connectivity index (χ3v) is 6.24. The lowest BCUT2D eigenvalue weighted by atomic mass is 9.45. The molecule has 2 N–H and O–H groups in total. The molecule has 4 fully saturated rings. The minimum absolute atomic E-state index is 0.291. The van der Waals surface area contributed by atoms with E-state index in [1.54, 1.807) is 13.8 Å². The molecule has 0 radical (unpaired) electrons. The second-order valence-electron chi connectivity index (χ2n) is 7.85. The Balaban J connectivity index is 1.93. The van der Waals surface area contributed by atoms with Gasteiger partial charge in [-0.1, -0.05) is 6.58 Å². The largest absolute Gasteiger partial charge is 0.450 e. The molecule has 21 heavy (non-hydrogen) atoms. The lowest BCUT2D eigenvalue weighted by molar-refractivity contribution is -0.272. The van der Waals surface area contributed by atoms with E-state index in [2.05, 4.69) is 6.58 Å². The van der Waals surface area contributed by atoms with E-state index in [9.17, 15) is 15.0 Å². The normalized spacial score (nSPS) is 40.1. The summed E-state index contributed by atoms with van der Waals surface area (Å²) in [4.78, 5) is 12.0. The Morgan fingerprint density at radius 3 is 1.95 bits per heavy atom. The van der Waals surface area contributed by atoms with Crippen LogP contribution in [0.2, 0.25) is 0 Å². The molecule has 4 heteroatoms. The maximum absolute atomic E-state index is 12.0. The van der Waals surface area contributed by atoms with Gasteiger partial charge in [-0.25, -0.2) is 4.79 Å². The molecule has 4 nitrogen and oxygen atoms in total. The van der Waals surface area contributed by atoms with Gasteiger partial charge in [0.1, 0.15) is 0 Å². The Morgan fingerprint density at radius 2 is 1.62 bits per heavy atom. The number of hydrogen-bond acceptors (Lipinski definition) is 4. The smallest absolute Gasteiger partial charge is 0.333 e. The summed E-state index contributed by atoms with van der Waals surface area (Å²) in [5, 5.41) is 20.0. The topological polar surface area (TPSA) is 66.8 Å². The third-order valence-electron chi connectivity index (χ3n) is 6.24. The first-order chi connectivity index (χ1) is 9.76. The molecule has 4 aliphatic rings. The van der Waals surface area contributed by atoms with E-state index in [-0.39, 0.29) is 5.41 Å². The van der Waals surface area contributed by atoms with Crippen LogP contribution in [0.1, 0.15) is 52.4 Å². The summed E-state index contributed by atoms with van der Waals surface area (Å²) in [6.07, 6.45) is 4.93. The van der Waals surface area contributed by atoms with Crippen LogP contribution in [-0.2, 0) is 9.53 Å². The summed E-state index contributed by atoms with van der Waals surface area (Å²) < 4.78 is 5.61. The highest BCUT2D eigenvalue weighted by molar-refractivity contribution is 5.87. The highest BCUT2D eigenvalue weighted by Gasteiger charge is 2.63. The van der Waals surface area contributed by atoms with Gasteiger partial charge in [0.15, 0.2) is 11.9 Å². The van der Waals surface area contributed by atoms with Gasteiger partial charge in [-0.15, -0.1) is 0 Å². The number of aliphatic hydroxyl groups excluding tert-OH is 1. The summed E-state index contributed by atoms with van der Waals surface area (Å²) >= 11 is 0. The van der Waals surface area contributed by atoms with E-state index < -0.39 is 17.9 Å². The molecule has 4 bridgehead atoms. The number of aliphatic hydroxyl groups is 2. The molecule has 0 aliphatic heterocycles. The average Bonchev–Trinajstić information content (AvgIpc) is 2.36. The minimum atomic E-state index is -1.66. The summed E-state index contributed by atoms with van der Waals surface area (Å²) in [5.74, 6) is 1.43. The predicted molar refractivity (Wildman–Crippen MR) is 78.1 cm³/mol.